The van der Waals surface area contributed by atoms with Gasteiger partial charge in [-0.3, -0.25) is 4.79 Å². The Balaban J connectivity index is 0.00000405. The normalized spacial score (nSPS) is 19.8. The van der Waals surface area contributed by atoms with Crippen molar-refractivity contribution < 1.29 is 28.6 Å². The number of carboxylic acid groups (broad SMARTS) is 1. The number of piperidine rings is 1. The van der Waals surface area contributed by atoms with Gasteiger partial charge in [-0.2, -0.15) is 0 Å². The molecule has 224 valence electrons. The highest BCUT2D eigenvalue weighted by Crippen LogP contribution is 2.45. The molecule has 2 aliphatic rings. The van der Waals surface area contributed by atoms with Crippen LogP contribution in [0.1, 0.15) is 42.3 Å². The van der Waals surface area contributed by atoms with Crippen LogP contribution in [-0.2, 0) is 16.6 Å². The van der Waals surface area contributed by atoms with Crippen molar-refractivity contribution in [3.8, 4) is 11.5 Å². The fourth-order valence-electron chi connectivity index (χ4n) is 5.51. The fourth-order valence-corrected chi connectivity index (χ4v) is 5.51. The first kappa shape index (κ1) is 31.3. The first-order chi connectivity index (χ1) is 19.6. The van der Waals surface area contributed by atoms with Gasteiger partial charge in [-0.1, -0.05) is 57.2 Å². The van der Waals surface area contributed by atoms with Crippen molar-refractivity contribution in [1.82, 2.24) is 10.2 Å². The van der Waals surface area contributed by atoms with Gasteiger partial charge in [0.1, 0.15) is 23.9 Å². The summed E-state index contributed by atoms with van der Waals surface area (Å²) in [7, 11) is 0. The molecule has 3 aromatic carbocycles. The van der Waals surface area contributed by atoms with E-state index in [0.717, 1.165) is 11.1 Å². The topological polar surface area (TPSA) is 88.1 Å². The summed E-state index contributed by atoms with van der Waals surface area (Å²) in [6, 6.07) is 21.4. The minimum absolute atomic E-state index is 0. The predicted octanol–water partition coefficient (Wildman–Crippen LogP) is 5.36. The first-order valence-corrected chi connectivity index (χ1v) is 14.1. The zero-order chi connectivity index (χ0) is 29.1. The lowest BCUT2D eigenvalue weighted by molar-refractivity contribution is -0.145. The smallest absolute Gasteiger partial charge is 0.345 e. The SMILES string of the molecule is CC(C)(C)c1ccc(O[C@@H](Cc2ccc(OCCNC3C4CN(C(=O)c5ccccc5F)C[C@@H]43)cc2)C(=O)O)cc1.Cl. The number of nitrogens with zero attached hydrogens (tertiary/aromatic N) is 1. The van der Waals surface area contributed by atoms with Crippen LogP contribution in [0.15, 0.2) is 72.8 Å². The van der Waals surface area contributed by atoms with Gasteiger partial charge in [-0.05, 0) is 64.8 Å². The van der Waals surface area contributed by atoms with Crippen LogP contribution in [0, 0.1) is 17.7 Å². The molecule has 5 rings (SSSR count). The maximum absolute atomic E-state index is 14.0. The Bertz CT molecular complexity index is 1360. The first-order valence-electron chi connectivity index (χ1n) is 14.1. The molecule has 3 aromatic rings. The number of carbonyl (C=O) groups excluding carboxylic acids is 1. The number of likely N-dealkylation sites (tertiary alicyclic amines) is 1. The maximum atomic E-state index is 14.0. The van der Waals surface area contributed by atoms with Gasteiger partial charge >= 0.3 is 5.97 Å². The van der Waals surface area contributed by atoms with Crippen LogP contribution in [0.4, 0.5) is 4.39 Å². The molecule has 2 unspecified atom stereocenters. The van der Waals surface area contributed by atoms with Crippen molar-refractivity contribution in [2.24, 2.45) is 11.8 Å². The number of carbonyl (C=O) groups is 2. The van der Waals surface area contributed by atoms with E-state index >= 15 is 0 Å². The average molecular weight is 597 g/mol. The zero-order valence-electron chi connectivity index (χ0n) is 24.1. The number of rotatable bonds is 11. The quantitative estimate of drug-likeness (QED) is 0.290. The summed E-state index contributed by atoms with van der Waals surface area (Å²) in [5, 5.41) is 13.2. The number of amides is 1. The molecular weight excluding hydrogens is 559 g/mol. The highest BCUT2D eigenvalue weighted by molar-refractivity contribution is 5.94. The lowest BCUT2D eigenvalue weighted by atomic mass is 9.87. The van der Waals surface area contributed by atoms with E-state index in [1.54, 1.807) is 17.0 Å². The van der Waals surface area contributed by atoms with Gasteiger partial charge in [0.05, 0.1) is 5.56 Å². The highest BCUT2D eigenvalue weighted by Gasteiger charge is 2.56. The molecule has 9 heteroatoms. The van der Waals surface area contributed by atoms with Crippen molar-refractivity contribution in [2.45, 2.75) is 44.8 Å². The molecule has 1 saturated carbocycles. The van der Waals surface area contributed by atoms with E-state index in [1.807, 2.05) is 48.5 Å². The summed E-state index contributed by atoms with van der Waals surface area (Å²) in [4.78, 5) is 26.2. The standard InChI is InChI=1S/C33H37FN2O5.ClH/c1-33(2,3)22-10-14-24(15-11-22)41-29(32(38)39)18-21-8-12-23(13-9-21)40-17-16-35-30-26-19-36(20-27(26)30)31(37)25-6-4-5-7-28(25)34;/h4-15,26-27,29-30,35H,16-20H2,1-3H3,(H,38,39);1H/t26-,27?,29-,30?;/m0./s1. The number of benzene rings is 3. The monoisotopic (exact) mass is 596 g/mol. The van der Waals surface area contributed by atoms with Gasteiger partial charge in [0.25, 0.3) is 5.91 Å². The van der Waals surface area contributed by atoms with Crippen LogP contribution < -0.4 is 14.8 Å². The van der Waals surface area contributed by atoms with Crippen molar-refractivity contribution in [1.29, 1.82) is 0 Å². The van der Waals surface area contributed by atoms with Crippen molar-refractivity contribution in [3.05, 3.63) is 95.3 Å². The van der Waals surface area contributed by atoms with Gasteiger partial charge < -0.3 is 24.8 Å². The van der Waals surface area contributed by atoms with E-state index in [-0.39, 0.29) is 35.7 Å². The minimum atomic E-state index is -1.01. The third-order valence-electron chi connectivity index (χ3n) is 7.95. The third-order valence-corrected chi connectivity index (χ3v) is 7.95. The van der Waals surface area contributed by atoms with Crippen LogP contribution >= 0.6 is 12.4 Å². The number of fused-ring (bicyclic) bond motifs is 1. The maximum Gasteiger partial charge on any atom is 0.345 e. The molecule has 42 heavy (non-hydrogen) atoms. The zero-order valence-corrected chi connectivity index (χ0v) is 24.9. The van der Waals surface area contributed by atoms with E-state index in [0.29, 0.717) is 55.6 Å². The summed E-state index contributed by atoms with van der Waals surface area (Å²) < 4.78 is 25.6. The van der Waals surface area contributed by atoms with Gasteiger partial charge in [0.2, 0.25) is 0 Å². The van der Waals surface area contributed by atoms with E-state index in [4.69, 9.17) is 9.47 Å². The summed E-state index contributed by atoms with van der Waals surface area (Å²) in [5.41, 5.74) is 2.14. The van der Waals surface area contributed by atoms with E-state index < -0.39 is 17.9 Å². The number of halogens is 2. The van der Waals surface area contributed by atoms with Crippen LogP contribution in [0.5, 0.6) is 11.5 Å². The van der Waals surface area contributed by atoms with Crippen molar-refractivity contribution >= 4 is 24.3 Å². The molecule has 7 nitrogen and oxygen atoms in total. The van der Waals surface area contributed by atoms with E-state index in [2.05, 4.69) is 26.1 Å². The van der Waals surface area contributed by atoms with Gasteiger partial charge in [0, 0.05) is 32.1 Å². The second kappa shape index (κ2) is 13.1. The van der Waals surface area contributed by atoms with Crippen LogP contribution in [0.25, 0.3) is 0 Å². The Labute approximate surface area is 252 Å². The Morgan fingerprint density at radius 1 is 0.976 bits per heavy atom. The number of aliphatic carboxylic acids is 1. The van der Waals surface area contributed by atoms with Crippen molar-refractivity contribution in [2.75, 3.05) is 26.2 Å². The predicted molar refractivity (Wildman–Crippen MR) is 161 cm³/mol. The lowest BCUT2D eigenvalue weighted by Gasteiger charge is -2.20. The minimum Gasteiger partial charge on any atom is -0.492 e. The summed E-state index contributed by atoms with van der Waals surface area (Å²) in [6.07, 6.45) is -0.763. The van der Waals surface area contributed by atoms with Crippen LogP contribution in [0.3, 0.4) is 0 Å². The molecule has 0 bridgehead atoms. The molecule has 2 fully saturated rings. The largest absolute Gasteiger partial charge is 0.492 e. The molecule has 0 spiro atoms. The Kier molecular flexibility index (Phi) is 9.79. The molecule has 2 N–H and O–H groups in total. The third kappa shape index (κ3) is 7.41. The number of carboxylic acids is 1. The van der Waals surface area contributed by atoms with E-state index in [9.17, 15) is 19.1 Å². The average Bonchev–Trinajstić information content (AvgIpc) is 3.38. The molecule has 1 aliphatic carbocycles. The Morgan fingerprint density at radius 2 is 1.60 bits per heavy atom. The summed E-state index contributed by atoms with van der Waals surface area (Å²) in [5.74, 6) is 0.296. The van der Waals surface area contributed by atoms with Gasteiger partial charge in [-0.15, -0.1) is 12.4 Å². The van der Waals surface area contributed by atoms with Crippen LogP contribution in [0.2, 0.25) is 0 Å². The number of ether oxygens (including phenoxy) is 2. The summed E-state index contributed by atoms with van der Waals surface area (Å²) in [6.45, 7) is 8.81. The highest BCUT2D eigenvalue weighted by atomic mass is 35.5. The second-order valence-corrected chi connectivity index (χ2v) is 11.9. The fraction of sp³-hybridized carbons (Fsp3) is 0.394. The molecule has 4 atom stereocenters. The summed E-state index contributed by atoms with van der Waals surface area (Å²) >= 11 is 0. The number of hydrogen-bond acceptors (Lipinski definition) is 5. The van der Waals surface area contributed by atoms with Gasteiger partial charge in [-0.25, -0.2) is 9.18 Å². The van der Waals surface area contributed by atoms with Gasteiger partial charge in [0.15, 0.2) is 6.10 Å². The molecule has 1 saturated heterocycles. The number of nitrogens with one attached hydrogen (secondary N) is 1. The Morgan fingerprint density at radius 3 is 2.19 bits per heavy atom. The molecule has 1 heterocycles. The molecule has 1 amide bonds. The molecule has 0 radical (unpaired) electrons. The molecule has 0 aromatic heterocycles. The van der Waals surface area contributed by atoms with Crippen molar-refractivity contribution in [3.63, 3.8) is 0 Å². The number of hydrogen-bond donors (Lipinski definition) is 2. The molecule has 1 aliphatic heterocycles. The van der Waals surface area contributed by atoms with E-state index in [1.165, 1.54) is 12.1 Å². The second-order valence-electron chi connectivity index (χ2n) is 11.9. The molecular formula is C33H38ClFN2O5. The van der Waals surface area contributed by atoms with Crippen LogP contribution in [-0.4, -0.2) is 60.3 Å². The lowest BCUT2D eigenvalue weighted by Crippen LogP contribution is -2.36. The Hall–Kier alpha value is -3.62.